The molecule has 1 N–H and O–H groups in total. The summed E-state index contributed by atoms with van der Waals surface area (Å²) in [5.74, 6) is -0.131. The van der Waals surface area contributed by atoms with Crippen molar-refractivity contribution in [1.82, 2.24) is 5.32 Å². The van der Waals surface area contributed by atoms with Crippen molar-refractivity contribution < 1.29 is 9.13 Å². The zero-order chi connectivity index (χ0) is 12.0. The SMILES string of the molecule is CCCNC(COC)c1cccc(C)c1F. The van der Waals surface area contributed by atoms with E-state index in [1.807, 2.05) is 12.1 Å². The van der Waals surface area contributed by atoms with Gasteiger partial charge in [0.15, 0.2) is 0 Å². The second kappa shape index (κ2) is 6.61. The zero-order valence-electron chi connectivity index (χ0n) is 10.2. The number of hydrogen-bond donors (Lipinski definition) is 1. The molecule has 1 unspecified atom stereocenters. The maximum absolute atomic E-state index is 13.9. The fraction of sp³-hybridized carbons (Fsp3) is 0.538. The minimum Gasteiger partial charge on any atom is -0.383 e. The van der Waals surface area contributed by atoms with Crippen LogP contribution in [0.4, 0.5) is 4.39 Å². The van der Waals surface area contributed by atoms with Gasteiger partial charge in [-0.25, -0.2) is 4.39 Å². The lowest BCUT2D eigenvalue weighted by Gasteiger charge is -2.19. The molecule has 0 radical (unpaired) electrons. The summed E-state index contributed by atoms with van der Waals surface area (Å²) in [5.41, 5.74) is 1.37. The average molecular weight is 225 g/mol. The van der Waals surface area contributed by atoms with Crippen molar-refractivity contribution >= 4 is 0 Å². The van der Waals surface area contributed by atoms with Crippen LogP contribution in [0, 0.1) is 12.7 Å². The van der Waals surface area contributed by atoms with Crippen LogP contribution in [0.15, 0.2) is 18.2 Å². The van der Waals surface area contributed by atoms with E-state index in [9.17, 15) is 4.39 Å². The highest BCUT2D eigenvalue weighted by Gasteiger charge is 2.15. The molecule has 0 amide bonds. The Morgan fingerprint density at radius 2 is 2.19 bits per heavy atom. The lowest BCUT2D eigenvalue weighted by Crippen LogP contribution is -2.27. The fourth-order valence-corrected chi connectivity index (χ4v) is 1.68. The van der Waals surface area contributed by atoms with Crippen molar-refractivity contribution in [2.24, 2.45) is 0 Å². The van der Waals surface area contributed by atoms with E-state index in [1.54, 1.807) is 20.1 Å². The Bertz CT molecular complexity index is 328. The third-order valence-electron chi connectivity index (χ3n) is 2.57. The lowest BCUT2D eigenvalue weighted by molar-refractivity contribution is 0.165. The van der Waals surface area contributed by atoms with Gasteiger partial charge >= 0.3 is 0 Å². The molecule has 0 spiro atoms. The molecule has 2 nitrogen and oxygen atoms in total. The van der Waals surface area contributed by atoms with E-state index in [1.165, 1.54) is 0 Å². The van der Waals surface area contributed by atoms with Gasteiger partial charge in [0.05, 0.1) is 12.6 Å². The minimum absolute atomic E-state index is 0.0650. The normalized spacial score (nSPS) is 12.8. The van der Waals surface area contributed by atoms with Gasteiger partial charge in [0, 0.05) is 12.7 Å². The van der Waals surface area contributed by atoms with Gasteiger partial charge in [-0.05, 0) is 25.5 Å². The third kappa shape index (κ3) is 3.29. The zero-order valence-corrected chi connectivity index (χ0v) is 10.2. The molecular weight excluding hydrogens is 205 g/mol. The summed E-state index contributed by atoms with van der Waals surface area (Å²) in [6.45, 7) is 5.22. The largest absolute Gasteiger partial charge is 0.383 e. The Hall–Kier alpha value is -0.930. The molecule has 0 saturated heterocycles. The molecule has 90 valence electrons. The minimum atomic E-state index is -0.131. The van der Waals surface area contributed by atoms with Gasteiger partial charge in [-0.15, -0.1) is 0 Å². The molecule has 1 aromatic carbocycles. The highest BCUT2D eigenvalue weighted by molar-refractivity contribution is 5.27. The second-order valence-corrected chi connectivity index (χ2v) is 3.94. The molecule has 0 aliphatic carbocycles. The van der Waals surface area contributed by atoms with Gasteiger partial charge in [0.1, 0.15) is 5.82 Å². The number of benzene rings is 1. The molecule has 1 atom stereocenters. The van der Waals surface area contributed by atoms with Crippen molar-refractivity contribution in [3.63, 3.8) is 0 Å². The van der Waals surface area contributed by atoms with E-state index in [4.69, 9.17) is 4.74 Å². The highest BCUT2D eigenvalue weighted by atomic mass is 19.1. The van der Waals surface area contributed by atoms with Crippen LogP contribution in [-0.2, 0) is 4.74 Å². The quantitative estimate of drug-likeness (QED) is 0.803. The third-order valence-corrected chi connectivity index (χ3v) is 2.57. The van der Waals surface area contributed by atoms with E-state index in [0.29, 0.717) is 17.7 Å². The highest BCUT2D eigenvalue weighted by Crippen LogP contribution is 2.19. The number of aryl methyl sites for hydroxylation is 1. The fourth-order valence-electron chi connectivity index (χ4n) is 1.68. The topological polar surface area (TPSA) is 21.3 Å². The maximum Gasteiger partial charge on any atom is 0.130 e. The van der Waals surface area contributed by atoms with Crippen molar-refractivity contribution in [3.05, 3.63) is 35.1 Å². The molecule has 3 heteroatoms. The Morgan fingerprint density at radius 1 is 1.44 bits per heavy atom. The summed E-state index contributed by atoms with van der Waals surface area (Å²) in [7, 11) is 1.63. The van der Waals surface area contributed by atoms with Gasteiger partial charge in [0.25, 0.3) is 0 Å². The number of rotatable bonds is 6. The first-order valence-corrected chi connectivity index (χ1v) is 5.68. The summed E-state index contributed by atoms with van der Waals surface area (Å²) in [4.78, 5) is 0. The van der Waals surface area contributed by atoms with E-state index in [0.717, 1.165) is 13.0 Å². The molecule has 0 saturated carbocycles. The summed E-state index contributed by atoms with van der Waals surface area (Å²) < 4.78 is 19.0. The first-order valence-electron chi connectivity index (χ1n) is 5.68. The van der Waals surface area contributed by atoms with Crippen LogP contribution < -0.4 is 5.32 Å². The van der Waals surface area contributed by atoms with E-state index in [2.05, 4.69) is 12.2 Å². The molecule has 0 aliphatic rings. The van der Waals surface area contributed by atoms with Gasteiger partial charge in [-0.2, -0.15) is 0 Å². The van der Waals surface area contributed by atoms with Gasteiger partial charge in [0.2, 0.25) is 0 Å². The smallest absolute Gasteiger partial charge is 0.130 e. The van der Waals surface area contributed by atoms with Gasteiger partial charge in [-0.1, -0.05) is 25.1 Å². The van der Waals surface area contributed by atoms with Crippen molar-refractivity contribution in [3.8, 4) is 0 Å². The predicted octanol–water partition coefficient (Wildman–Crippen LogP) is 2.82. The predicted molar refractivity (Wildman–Crippen MR) is 64.0 cm³/mol. The molecule has 1 rings (SSSR count). The second-order valence-electron chi connectivity index (χ2n) is 3.94. The van der Waals surface area contributed by atoms with Crippen LogP contribution in [0.25, 0.3) is 0 Å². The van der Waals surface area contributed by atoms with Crippen LogP contribution in [0.2, 0.25) is 0 Å². The monoisotopic (exact) mass is 225 g/mol. The Morgan fingerprint density at radius 3 is 2.81 bits per heavy atom. The molecule has 0 heterocycles. The summed E-state index contributed by atoms with van der Waals surface area (Å²) >= 11 is 0. The molecule has 1 aromatic rings. The van der Waals surface area contributed by atoms with Gasteiger partial charge < -0.3 is 10.1 Å². The first kappa shape index (κ1) is 13.1. The van der Waals surface area contributed by atoms with E-state index in [-0.39, 0.29) is 11.9 Å². The summed E-state index contributed by atoms with van der Waals surface area (Å²) in [6, 6.07) is 5.41. The summed E-state index contributed by atoms with van der Waals surface area (Å²) in [5, 5.41) is 3.29. The number of ether oxygens (including phenoxy) is 1. The van der Waals surface area contributed by atoms with Crippen LogP contribution >= 0.6 is 0 Å². The molecular formula is C13H20FNO. The van der Waals surface area contributed by atoms with E-state index >= 15 is 0 Å². The van der Waals surface area contributed by atoms with Gasteiger partial charge in [-0.3, -0.25) is 0 Å². The number of nitrogens with one attached hydrogen (secondary N) is 1. The van der Waals surface area contributed by atoms with Crippen LogP contribution in [0.5, 0.6) is 0 Å². The molecule has 0 aliphatic heterocycles. The standard InChI is InChI=1S/C13H20FNO/c1-4-8-15-12(9-16-3)11-7-5-6-10(2)13(11)14/h5-7,12,15H,4,8-9H2,1-3H3. The maximum atomic E-state index is 13.9. The molecule has 0 bridgehead atoms. The number of hydrogen-bond acceptors (Lipinski definition) is 2. The Kier molecular flexibility index (Phi) is 5.43. The van der Waals surface area contributed by atoms with E-state index < -0.39 is 0 Å². The lowest BCUT2D eigenvalue weighted by atomic mass is 10.0. The van der Waals surface area contributed by atoms with Crippen LogP contribution in [0.1, 0.15) is 30.5 Å². The molecule has 0 fully saturated rings. The van der Waals surface area contributed by atoms with Crippen LogP contribution in [-0.4, -0.2) is 20.3 Å². The van der Waals surface area contributed by atoms with Crippen molar-refractivity contribution in [1.29, 1.82) is 0 Å². The van der Waals surface area contributed by atoms with Crippen molar-refractivity contribution in [2.75, 3.05) is 20.3 Å². The molecule has 16 heavy (non-hydrogen) atoms. The number of methoxy groups -OCH3 is 1. The molecule has 0 aromatic heterocycles. The Labute approximate surface area is 96.8 Å². The first-order chi connectivity index (χ1) is 7.70. The summed E-state index contributed by atoms with van der Waals surface area (Å²) in [6.07, 6.45) is 1.02. The van der Waals surface area contributed by atoms with Crippen LogP contribution in [0.3, 0.4) is 0 Å². The Balaban J connectivity index is 2.86. The van der Waals surface area contributed by atoms with Crippen molar-refractivity contribution in [2.45, 2.75) is 26.3 Å². The average Bonchev–Trinajstić information content (AvgIpc) is 2.28. The number of halogens is 1.